The minimum atomic E-state index is -1.53. The van der Waals surface area contributed by atoms with E-state index in [1.165, 1.54) is 22.3 Å². The third kappa shape index (κ3) is 9.85. The number of fused-ring (bicyclic) bond motifs is 1. The van der Waals surface area contributed by atoms with E-state index in [4.69, 9.17) is 19.4 Å². The molecule has 2 saturated carbocycles. The summed E-state index contributed by atoms with van der Waals surface area (Å²) in [5, 5.41) is 21.5. The maximum Gasteiger partial charge on any atom is 0.408 e. The standard InChI is InChI=1S/C44H59N7O8S/c1-11-25-20-44(25,39(55)56)49-37(53)33-17-27(22-51(33)38(54)36(43(6,7)8)48-41(57)59-26-14-12-13-15-26)58-34-19-30(45-29-18-32(50(9)10)24(2)16-28(29)34)31-23-60-40(46-31)47-35(52)21-42(3,4)5/h11,16,18-19,23,25-27,33,36H,1,12-15,17,20-22H2,2-10H3,(H,48,57)(H,49,53)(H,55,56)(H,46,47,52)/t25-,27-,33+,36-,44-/m1/s1. The molecule has 0 bridgehead atoms. The van der Waals surface area contributed by atoms with Gasteiger partial charge in [-0.25, -0.2) is 19.6 Å². The van der Waals surface area contributed by atoms with Gasteiger partial charge in [0.15, 0.2) is 5.13 Å². The number of hydrogen-bond donors (Lipinski definition) is 4. The highest BCUT2D eigenvalue weighted by Gasteiger charge is 2.61. The van der Waals surface area contributed by atoms with Gasteiger partial charge in [-0.1, -0.05) is 47.6 Å². The molecule has 16 heteroatoms. The average molecular weight is 846 g/mol. The van der Waals surface area contributed by atoms with Gasteiger partial charge in [0.1, 0.15) is 41.3 Å². The first-order valence-electron chi connectivity index (χ1n) is 20.6. The highest BCUT2D eigenvalue weighted by molar-refractivity contribution is 7.14. The van der Waals surface area contributed by atoms with E-state index in [0.29, 0.717) is 39.6 Å². The fourth-order valence-electron chi connectivity index (χ4n) is 8.14. The van der Waals surface area contributed by atoms with Crippen LogP contribution in [0, 0.1) is 23.7 Å². The van der Waals surface area contributed by atoms with Crippen molar-refractivity contribution in [3.05, 3.63) is 41.8 Å². The van der Waals surface area contributed by atoms with Crippen molar-refractivity contribution >= 4 is 62.8 Å². The molecular formula is C44H59N7O8S. The van der Waals surface area contributed by atoms with Crippen LogP contribution in [0.2, 0.25) is 0 Å². The summed E-state index contributed by atoms with van der Waals surface area (Å²) in [7, 11) is 3.89. The molecule has 2 aliphatic carbocycles. The number of anilines is 2. The molecule has 3 aromatic rings. The number of carbonyl (C=O) groups excluding carboxylic acids is 4. The molecule has 0 unspecified atom stereocenters. The summed E-state index contributed by atoms with van der Waals surface area (Å²) in [4.78, 5) is 80.4. The predicted octanol–water partition coefficient (Wildman–Crippen LogP) is 6.68. The molecule has 0 spiro atoms. The van der Waals surface area contributed by atoms with E-state index in [0.717, 1.165) is 36.9 Å². The van der Waals surface area contributed by atoms with Gasteiger partial charge in [0.25, 0.3) is 0 Å². The number of amides is 4. The number of carbonyl (C=O) groups is 5. The summed E-state index contributed by atoms with van der Waals surface area (Å²) in [5.41, 5.74) is 1.01. The summed E-state index contributed by atoms with van der Waals surface area (Å²) in [5.74, 6) is -2.52. The summed E-state index contributed by atoms with van der Waals surface area (Å²) in [6.07, 6.45) is 3.80. The largest absolute Gasteiger partial charge is 0.488 e. The second kappa shape index (κ2) is 17.0. The predicted molar refractivity (Wildman–Crippen MR) is 231 cm³/mol. The molecule has 4 N–H and O–H groups in total. The zero-order valence-corrected chi connectivity index (χ0v) is 37.0. The Kier molecular flexibility index (Phi) is 12.6. The zero-order valence-electron chi connectivity index (χ0n) is 36.1. The maximum absolute atomic E-state index is 14.7. The molecule has 3 fully saturated rings. The van der Waals surface area contributed by atoms with Crippen LogP contribution < -0.4 is 25.6 Å². The van der Waals surface area contributed by atoms with Gasteiger partial charge < -0.3 is 40.3 Å². The first-order valence-corrected chi connectivity index (χ1v) is 21.5. The first-order chi connectivity index (χ1) is 28.1. The molecule has 1 aliphatic heterocycles. The quantitative estimate of drug-likeness (QED) is 0.134. The smallest absolute Gasteiger partial charge is 0.408 e. The number of likely N-dealkylation sites (tertiary alicyclic amines) is 1. The Morgan fingerprint density at radius 3 is 2.35 bits per heavy atom. The molecule has 5 atom stereocenters. The van der Waals surface area contributed by atoms with Gasteiger partial charge in [-0.05, 0) is 67.6 Å². The van der Waals surface area contributed by atoms with Crippen LogP contribution in [0.3, 0.4) is 0 Å². The van der Waals surface area contributed by atoms with Crippen LogP contribution >= 0.6 is 11.3 Å². The maximum atomic E-state index is 14.7. The Morgan fingerprint density at radius 1 is 1.05 bits per heavy atom. The zero-order chi connectivity index (χ0) is 43.9. The van der Waals surface area contributed by atoms with Gasteiger partial charge in [0, 0.05) is 55.4 Å². The van der Waals surface area contributed by atoms with Gasteiger partial charge >= 0.3 is 12.1 Å². The van der Waals surface area contributed by atoms with E-state index >= 15 is 0 Å². The number of benzene rings is 1. The summed E-state index contributed by atoms with van der Waals surface area (Å²) in [6, 6.07) is 3.49. The number of carboxylic acid groups (broad SMARTS) is 1. The lowest BCUT2D eigenvalue weighted by molar-refractivity contribution is -0.146. The van der Waals surface area contributed by atoms with E-state index < -0.39 is 58.9 Å². The number of pyridine rings is 1. The molecule has 324 valence electrons. The SMILES string of the molecule is C=C[C@@H]1C[C@]1(NC(=O)[C@@H]1C[C@@H](Oc2cc(-c3csc(NC(=O)CC(C)(C)C)n3)nc3cc(N(C)C)c(C)cc23)CN1C(=O)[C@@H](NC(=O)OC1CCCC1)C(C)(C)C)C(=O)O. The number of aliphatic carboxylic acids is 1. The van der Waals surface area contributed by atoms with Crippen molar-refractivity contribution < 1.29 is 38.6 Å². The molecule has 6 rings (SSSR count). The topological polar surface area (TPSA) is 192 Å². The van der Waals surface area contributed by atoms with Crippen molar-refractivity contribution in [3.8, 4) is 17.1 Å². The highest BCUT2D eigenvalue weighted by Crippen LogP contribution is 2.45. The molecular weight excluding hydrogens is 787 g/mol. The van der Waals surface area contributed by atoms with E-state index in [1.807, 2.05) is 85.0 Å². The second-order valence-corrected chi connectivity index (χ2v) is 19.8. The molecule has 0 radical (unpaired) electrons. The molecule has 1 aromatic carbocycles. The molecule has 4 amide bonds. The van der Waals surface area contributed by atoms with Crippen molar-refractivity contribution in [1.29, 1.82) is 0 Å². The van der Waals surface area contributed by atoms with Crippen molar-refractivity contribution in [2.45, 2.75) is 123 Å². The summed E-state index contributed by atoms with van der Waals surface area (Å²) < 4.78 is 12.5. The lowest BCUT2D eigenvalue weighted by Gasteiger charge is -2.35. The van der Waals surface area contributed by atoms with Gasteiger partial charge in [-0.15, -0.1) is 17.9 Å². The molecule has 60 heavy (non-hydrogen) atoms. The minimum Gasteiger partial charge on any atom is -0.488 e. The molecule has 15 nitrogen and oxygen atoms in total. The van der Waals surface area contributed by atoms with Gasteiger partial charge in [-0.2, -0.15) is 0 Å². The monoisotopic (exact) mass is 845 g/mol. The van der Waals surface area contributed by atoms with Crippen molar-refractivity contribution in [2.75, 3.05) is 30.9 Å². The fraction of sp³-hybridized carbons (Fsp3) is 0.568. The number of aromatic nitrogens is 2. The van der Waals surface area contributed by atoms with Crippen LogP contribution in [0.4, 0.5) is 15.6 Å². The number of aryl methyl sites for hydroxylation is 1. The van der Waals surface area contributed by atoms with E-state index in [-0.39, 0.29) is 36.8 Å². The third-order valence-electron chi connectivity index (χ3n) is 11.4. The highest BCUT2D eigenvalue weighted by atomic mass is 32.1. The van der Waals surface area contributed by atoms with E-state index in [1.54, 1.807) is 6.07 Å². The Morgan fingerprint density at radius 2 is 1.75 bits per heavy atom. The van der Waals surface area contributed by atoms with Crippen LogP contribution in [-0.4, -0.2) is 100 Å². The van der Waals surface area contributed by atoms with Crippen LogP contribution in [-0.2, 0) is 23.9 Å². The Hall–Kier alpha value is -5.25. The Balaban J connectivity index is 1.34. The molecule has 3 aliphatic rings. The van der Waals surface area contributed by atoms with Crippen molar-refractivity contribution in [3.63, 3.8) is 0 Å². The van der Waals surface area contributed by atoms with Crippen LogP contribution in [0.15, 0.2) is 36.2 Å². The number of alkyl carbamates (subject to hydrolysis) is 1. The third-order valence-corrected chi connectivity index (χ3v) is 12.2. The van der Waals surface area contributed by atoms with Gasteiger partial charge in [0.2, 0.25) is 17.7 Å². The van der Waals surface area contributed by atoms with Crippen molar-refractivity contribution in [2.24, 2.45) is 16.7 Å². The minimum absolute atomic E-state index is 0.0317. The van der Waals surface area contributed by atoms with Gasteiger partial charge in [-0.3, -0.25) is 14.4 Å². The average Bonchev–Trinajstić information content (AvgIpc) is 3.55. The van der Waals surface area contributed by atoms with Crippen LogP contribution in [0.5, 0.6) is 5.75 Å². The number of ether oxygens (including phenoxy) is 2. The molecule has 2 aromatic heterocycles. The molecule has 1 saturated heterocycles. The van der Waals surface area contributed by atoms with Crippen molar-refractivity contribution in [1.82, 2.24) is 25.5 Å². The van der Waals surface area contributed by atoms with E-state index in [9.17, 15) is 29.1 Å². The lowest BCUT2D eigenvalue weighted by Crippen LogP contribution is -2.59. The number of thiazole rings is 1. The summed E-state index contributed by atoms with van der Waals surface area (Å²) >= 11 is 1.28. The summed E-state index contributed by atoms with van der Waals surface area (Å²) in [6.45, 7) is 17.1. The normalized spacial score (nSPS) is 22.2. The number of carboxylic acids is 1. The van der Waals surface area contributed by atoms with Crippen LogP contribution in [0.25, 0.3) is 22.3 Å². The van der Waals surface area contributed by atoms with Crippen LogP contribution in [0.1, 0.15) is 92.1 Å². The second-order valence-electron chi connectivity index (χ2n) is 18.9. The Labute approximate surface area is 355 Å². The Bertz CT molecular complexity index is 2170. The molecule has 3 heterocycles. The fourth-order valence-corrected chi connectivity index (χ4v) is 8.86. The number of hydrogen-bond acceptors (Lipinski definition) is 11. The number of nitrogens with one attached hydrogen (secondary N) is 3. The first kappa shape index (κ1) is 44.3. The number of rotatable bonds is 13. The number of nitrogens with zero attached hydrogens (tertiary/aromatic N) is 4. The van der Waals surface area contributed by atoms with Gasteiger partial charge in [0.05, 0.1) is 17.8 Å². The lowest BCUT2D eigenvalue weighted by atomic mass is 9.85. The van der Waals surface area contributed by atoms with E-state index in [2.05, 4.69) is 22.5 Å².